The number of aliphatic hydroxyl groups is 1. The molecule has 0 aromatic rings. The molecule has 0 saturated heterocycles. The summed E-state index contributed by atoms with van der Waals surface area (Å²) < 4.78 is 0. The molecular weight excluding hydrogens is 144 g/mol. The molecule has 0 spiro atoms. The molecule has 54 valence electrons. The van der Waals surface area contributed by atoms with Gasteiger partial charge in [0.05, 0.1) is 0 Å². The molecule has 0 aromatic heterocycles. The van der Waals surface area contributed by atoms with E-state index in [9.17, 15) is 0 Å². The Morgan fingerprint density at radius 2 is 2.40 bits per heavy atom. The van der Waals surface area contributed by atoms with Gasteiger partial charge in [-0.2, -0.15) is 0 Å². The summed E-state index contributed by atoms with van der Waals surface area (Å²) in [5.41, 5.74) is 1.11. The van der Waals surface area contributed by atoms with E-state index < -0.39 is 0 Å². The fraction of sp³-hybridized carbons (Fsp3) is 0.375. The Balaban J connectivity index is 2.61. The lowest BCUT2D eigenvalue weighted by Gasteiger charge is -2.07. The number of thiocarbonyl (C=S) groups is 1. The van der Waals surface area contributed by atoms with Crippen LogP contribution in [-0.4, -0.2) is 16.6 Å². The molecule has 0 unspecified atom stereocenters. The van der Waals surface area contributed by atoms with Gasteiger partial charge in [0.2, 0.25) is 0 Å². The van der Waals surface area contributed by atoms with Crippen molar-refractivity contribution < 1.29 is 5.11 Å². The summed E-state index contributed by atoms with van der Waals surface area (Å²) in [6.07, 6.45) is 7.55. The van der Waals surface area contributed by atoms with E-state index in [0.29, 0.717) is 6.42 Å². The van der Waals surface area contributed by atoms with Gasteiger partial charge >= 0.3 is 0 Å². The summed E-state index contributed by atoms with van der Waals surface area (Å²) in [5, 5.41) is 8.61. The first-order valence-electron chi connectivity index (χ1n) is 3.34. The van der Waals surface area contributed by atoms with Crippen molar-refractivity contribution >= 4 is 17.1 Å². The summed E-state index contributed by atoms with van der Waals surface area (Å²) in [6, 6.07) is 0. The van der Waals surface area contributed by atoms with Crippen LogP contribution in [0.2, 0.25) is 0 Å². The van der Waals surface area contributed by atoms with E-state index in [-0.39, 0.29) is 6.61 Å². The van der Waals surface area contributed by atoms with Crippen molar-refractivity contribution in [3.05, 3.63) is 23.8 Å². The lowest BCUT2D eigenvalue weighted by Crippen LogP contribution is -2.02. The fourth-order valence-corrected chi connectivity index (χ4v) is 1.19. The Bertz CT molecular complexity index is 191. The highest BCUT2D eigenvalue weighted by atomic mass is 32.1. The first-order chi connectivity index (χ1) is 4.84. The summed E-state index contributed by atoms with van der Waals surface area (Å²) in [4.78, 5) is 0.969. The van der Waals surface area contributed by atoms with Crippen LogP contribution in [0.3, 0.4) is 0 Å². The van der Waals surface area contributed by atoms with Crippen molar-refractivity contribution in [3.63, 3.8) is 0 Å². The van der Waals surface area contributed by atoms with E-state index in [1.54, 1.807) is 0 Å². The van der Waals surface area contributed by atoms with Crippen molar-refractivity contribution in [2.45, 2.75) is 12.8 Å². The Kier molecular flexibility index (Phi) is 2.78. The number of aliphatic hydroxyl groups excluding tert-OH is 1. The molecule has 0 fully saturated rings. The molecule has 0 aromatic carbocycles. The molecule has 1 rings (SSSR count). The van der Waals surface area contributed by atoms with Crippen LogP contribution in [0.15, 0.2) is 23.8 Å². The lowest BCUT2D eigenvalue weighted by molar-refractivity contribution is 0.301. The van der Waals surface area contributed by atoms with Crippen LogP contribution >= 0.6 is 12.2 Å². The SMILES string of the molecule is OCCC1=CC=CCC1=S. The summed E-state index contributed by atoms with van der Waals surface area (Å²) >= 11 is 5.06. The van der Waals surface area contributed by atoms with Gasteiger partial charge in [-0.1, -0.05) is 30.4 Å². The van der Waals surface area contributed by atoms with Crippen LogP contribution in [0.25, 0.3) is 0 Å². The average Bonchev–Trinajstić information content (AvgIpc) is 1.94. The zero-order chi connectivity index (χ0) is 7.40. The van der Waals surface area contributed by atoms with Gasteiger partial charge in [-0.25, -0.2) is 0 Å². The summed E-state index contributed by atoms with van der Waals surface area (Å²) in [6.45, 7) is 0.194. The third-order valence-electron chi connectivity index (χ3n) is 1.48. The first kappa shape index (κ1) is 7.63. The molecule has 1 nitrogen and oxygen atoms in total. The second-order valence-electron chi connectivity index (χ2n) is 2.22. The Labute approximate surface area is 66.1 Å². The smallest absolute Gasteiger partial charge is 0.0471 e. The quantitative estimate of drug-likeness (QED) is 0.610. The molecule has 0 amide bonds. The standard InChI is InChI=1S/C8H10OS/c9-6-5-7-3-1-2-4-8(7)10/h1-3,9H,4-6H2. The second-order valence-corrected chi connectivity index (χ2v) is 2.71. The number of hydrogen-bond donors (Lipinski definition) is 1. The van der Waals surface area contributed by atoms with Crippen molar-refractivity contribution in [2.24, 2.45) is 0 Å². The predicted octanol–water partition coefficient (Wildman–Crippen LogP) is 1.62. The monoisotopic (exact) mass is 154 g/mol. The predicted molar refractivity (Wildman–Crippen MR) is 46.1 cm³/mol. The molecule has 0 aliphatic heterocycles. The van der Waals surface area contributed by atoms with E-state index in [2.05, 4.69) is 0 Å². The minimum Gasteiger partial charge on any atom is -0.396 e. The third-order valence-corrected chi connectivity index (χ3v) is 1.90. The minimum atomic E-state index is 0.194. The van der Waals surface area contributed by atoms with Gasteiger partial charge < -0.3 is 5.11 Å². The van der Waals surface area contributed by atoms with Crippen LogP contribution in [0.1, 0.15) is 12.8 Å². The molecule has 0 radical (unpaired) electrons. The van der Waals surface area contributed by atoms with Crippen LogP contribution in [0.5, 0.6) is 0 Å². The normalized spacial score (nSPS) is 17.3. The van der Waals surface area contributed by atoms with Gasteiger partial charge in [-0.3, -0.25) is 0 Å². The maximum absolute atomic E-state index is 8.61. The van der Waals surface area contributed by atoms with Crippen molar-refractivity contribution in [3.8, 4) is 0 Å². The molecule has 1 N–H and O–H groups in total. The minimum absolute atomic E-state index is 0.194. The number of hydrogen-bond acceptors (Lipinski definition) is 2. The van der Waals surface area contributed by atoms with E-state index in [0.717, 1.165) is 16.9 Å². The van der Waals surface area contributed by atoms with Crippen LogP contribution < -0.4 is 0 Å². The third kappa shape index (κ3) is 1.75. The Morgan fingerprint density at radius 1 is 1.60 bits per heavy atom. The zero-order valence-corrected chi connectivity index (χ0v) is 6.53. The van der Waals surface area contributed by atoms with E-state index in [1.165, 1.54) is 0 Å². The van der Waals surface area contributed by atoms with Gasteiger partial charge in [0, 0.05) is 17.9 Å². The fourth-order valence-electron chi connectivity index (χ4n) is 0.927. The van der Waals surface area contributed by atoms with Crippen molar-refractivity contribution in [1.29, 1.82) is 0 Å². The van der Waals surface area contributed by atoms with E-state index in [1.807, 2.05) is 18.2 Å². The number of rotatable bonds is 2. The lowest BCUT2D eigenvalue weighted by atomic mass is 10.0. The molecule has 2 heteroatoms. The highest BCUT2D eigenvalue weighted by Gasteiger charge is 2.04. The van der Waals surface area contributed by atoms with Gasteiger partial charge in [-0.05, 0) is 12.0 Å². The largest absolute Gasteiger partial charge is 0.396 e. The highest BCUT2D eigenvalue weighted by Crippen LogP contribution is 2.12. The Morgan fingerprint density at radius 3 is 3.00 bits per heavy atom. The van der Waals surface area contributed by atoms with Crippen molar-refractivity contribution in [2.75, 3.05) is 6.61 Å². The second kappa shape index (κ2) is 3.64. The van der Waals surface area contributed by atoms with Gasteiger partial charge in [-0.15, -0.1) is 0 Å². The van der Waals surface area contributed by atoms with E-state index >= 15 is 0 Å². The molecule has 0 atom stereocenters. The van der Waals surface area contributed by atoms with Gasteiger partial charge in [0.1, 0.15) is 0 Å². The van der Waals surface area contributed by atoms with Gasteiger partial charge in [0.25, 0.3) is 0 Å². The van der Waals surface area contributed by atoms with Crippen LogP contribution in [0.4, 0.5) is 0 Å². The molecule has 1 aliphatic rings. The maximum atomic E-state index is 8.61. The topological polar surface area (TPSA) is 20.2 Å². The molecule has 10 heavy (non-hydrogen) atoms. The van der Waals surface area contributed by atoms with Gasteiger partial charge in [0.15, 0.2) is 0 Å². The summed E-state index contributed by atoms with van der Waals surface area (Å²) in [7, 11) is 0. The summed E-state index contributed by atoms with van der Waals surface area (Å²) in [5.74, 6) is 0. The molecule has 1 aliphatic carbocycles. The van der Waals surface area contributed by atoms with Crippen LogP contribution in [0, 0.1) is 0 Å². The van der Waals surface area contributed by atoms with Crippen molar-refractivity contribution in [1.82, 2.24) is 0 Å². The Hall–Kier alpha value is -0.470. The maximum Gasteiger partial charge on any atom is 0.0471 e. The average molecular weight is 154 g/mol. The molecule has 0 heterocycles. The first-order valence-corrected chi connectivity index (χ1v) is 3.75. The number of allylic oxidation sites excluding steroid dienone is 3. The molecular formula is C8H10OS. The van der Waals surface area contributed by atoms with E-state index in [4.69, 9.17) is 17.3 Å². The van der Waals surface area contributed by atoms with Crippen LogP contribution in [-0.2, 0) is 0 Å². The molecule has 0 saturated carbocycles. The molecule has 0 bridgehead atoms. The highest BCUT2D eigenvalue weighted by molar-refractivity contribution is 7.80. The zero-order valence-electron chi connectivity index (χ0n) is 5.71.